The summed E-state index contributed by atoms with van der Waals surface area (Å²) < 4.78 is 0. The van der Waals surface area contributed by atoms with Gasteiger partial charge in [-0.1, -0.05) is 58.2 Å². The normalized spacial score (nSPS) is 19.3. The van der Waals surface area contributed by atoms with Crippen LogP contribution in [0, 0.1) is 11.5 Å². The van der Waals surface area contributed by atoms with Crippen molar-refractivity contribution in [2.75, 3.05) is 11.4 Å². The molecule has 1 aromatic carbocycles. The fourth-order valence-corrected chi connectivity index (χ4v) is 4.93. The Hall–Kier alpha value is -3.40. The van der Waals surface area contributed by atoms with Crippen LogP contribution in [0.4, 0.5) is 5.69 Å². The predicted molar refractivity (Wildman–Crippen MR) is 135 cm³/mol. The Morgan fingerprint density at radius 1 is 1.11 bits per heavy atom. The highest BCUT2D eigenvalue weighted by atomic mass is 16.2. The second kappa shape index (κ2) is 10.5. The SMILES string of the molecule is CC(C)(C)c1ccc(N(C(=O)C2CCN2C#N)C(C(=O)NC2CCCCC2)c2cccnc2)cc1. The van der Waals surface area contributed by atoms with Crippen LogP contribution in [0.1, 0.15) is 76.5 Å². The van der Waals surface area contributed by atoms with E-state index in [4.69, 9.17) is 0 Å². The summed E-state index contributed by atoms with van der Waals surface area (Å²) in [6, 6.07) is 10.1. The number of rotatable bonds is 6. The minimum atomic E-state index is -0.875. The van der Waals surface area contributed by atoms with Crippen LogP contribution in [-0.4, -0.2) is 40.3 Å². The summed E-state index contributed by atoms with van der Waals surface area (Å²) >= 11 is 0. The van der Waals surface area contributed by atoms with Crippen LogP contribution in [0.5, 0.6) is 0 Å². The second-order valence-electron chi connectivity index (χ2n) is 10.6. The van der Waals surface area contributed by atoms with Crippen LogP contribution in [0.3, 0.4) is 0 Å². The molecule has 2 heterocycles. The maximum absolute atomic E-state index is 13.9. The van der Waals surface area contributed by atoms with Gasteiger partial charge in [-0.2, -0.15) is 5.26 Å². The first kappa shape index (κ1) is 24.7. The zero-order valence-electron chi connectivity index (χ0n) is 20.9. The lowest BCUT2D eigenvalue weighted by atomic mass is 9.87. The Morgan fingerprint density at radius 2 is 1.83 bits per heavy atom. The number of pyridine rings is 1. The van der Waals surface area contributed by atoms with Crippen LogP contribution < -0.4 is 10.2 Å². The molecule has 4 rings (SSSR count). The van der Waals surface area contributed by atoms with E-state index in [1.165, 1.54) is 11.3 Å². The molecular formula is C28H35N5O2. The van der Waals surface area contributed by atoms with Crippen LogP contribution >= 0.6 is 0 Å². The molecule has 184 valence electrons. The monoisotopic (exact) mass is 473 g/mol. The molecule has 0 bridgehead atoms. The summed E-state index contributed by atoms with van der Waals surface area (Å²) in [6.07, 6.45) is 11.3. The topological polar surface area (TPSA) is 89.3 Å². The van der Waals surface area contributed by atoms with Crippen LogP contribution in [-0.2, 0) is 15.0 Å². The number of carbonyl (C=O) groups is 2. The fourth-order valence-electron chi connectivity index (χ4n) is 4.93. The minimum Gasteiger partial charge on any atom is -0.351 e. The van der Waals surface area contributed by atoms with Crippen molar-refractivity contribution in [1.82, 2.24) is 15.2 Å². The molecule has 2 aromatic rings. The summed E-state index contributed by atoms with van der Waals surface area (Å²) in [5.74, 6) is -0.449. The van der Waals surface area contributed by atoms with Gasteiger partial charge in [0.15, 0.2) is 6.19 Å². The zero-order chi connectivity index (χ0) is 25.0. The van der Waals surface area contributed by atoms with Crippen molar-refractivity contribution in [2.45, 2.75) is 82.8 Å². The Kier molecular flexibility index (Phi) is 7.39. The molecule has 2 fully saturated rings. The molecule has 2 unspecified atom stereocenters. The summed E-state index contributed by atoms with van der Waals surface area (Å²) in [5.41, 5.74) is 2.39. The lowest BCUT2D eigenvalue weighted by Gasteiger charge is -2.41. The van der Waals surface area contributed by atoms with Crippen LogP contribution in [0.2, 0.25) is 0 Å². The number of hydrogen-bond acceptors (Lipinski definition) is 5. The Labute approximate surface area is 208 Å². The van der Waals surface area contributed by atoms with Crippen molar-refractivity contribution in [3.63, 3.8) is 0 Å². The van der Waals surface area contributed by atoms with Crippen molar-refractivity contribution in [3.8, 4) is 6.19 Å². The molecule has 1 saturated heterocycles. The second-order valence-corrected chi connectivity index (χ2v) is 10.6. The number of hydrogen-bond donors (Lipinski definition) is 1. The number of benzene rings is 1. The number of amides is 2. The Bertz CT molecular complexity index is 1070. The van der Waals surface area contributed by atoms with E-state index in [1.807, 2.05) is 30.3 Å². The summed E-state index contributed by atoms with van der Waals surface area (Å²) in [7, 11) is 0. The van der Waals surface area contributed by atoms with E-state index in [9.17, 15) is 14.9 Å². The van der Waals surface area contributed by atoms with E-state index in [1.54, 1.807) is 23.4 Å². The van der Waals surface area contributed by atoms with Crippen molar-refractivity contribution < 1.29 is 9.59 Å². The number of nitrogens with one attached hydrogen (secondary N) is 1. The van der Waals surface area contributed by atoms with E-state index in [-0.39, 0.29) is 23.3 Å². The average molecular weight is 474 g/mol. The molecule has 1 aliphatic carbocycles. The van der Waals surface area contributed by atoms with Gasteiger partial charge in [-0.3, -0.25) is 24.4 Å². The van der Waals surface area contributed by atoms with Crippen molar-refractivity contribution >= 4 is 17.5 Å². The summed E-state index contributed by atoms with van der Waals surface area (Å²) in [5, 5.41) is 12.7. The molecular weight excluding hydrogens is 438 g/mol. The average Bonchev–Trinajstić information content (AvgIpc) is 2.82. The van der Waals surface area contributed by atoms with Crippen molar-refractivity contribution in [3.05, 3.63) is 59.9 Å². The van der Waals surface area contributed by atoms with E-state index in [0.717, 1.165) is 31.2 Å². The molecule has 35 heavy (non-hydrogen) atoms. The highest BCUT2D eigenvalue weighted by Crippen LogP contribution is 2.33. The third-order valence-corrected chi connectivity index (χ3v) is 7.14. The number of anilines is 1. The predicted octanol–water partition coefficient (Wildman–Crippen LogP) is 4.46. The third kappa shape index (κ3) is 5.48. The van der Waals surface area contributed by atoms with Crippen LogP contribution in [0.15, 0.2) is 48.8 Å². The molecule has 1 aliphatic heterocycles. The summed E-state index contributed by atoms with van der Waals surface area (Å²) in [4.78, 5) is 35.1. The largest absolute Gasteiger partial charge is 0.351 e. The smallest absolute Gasteiger partial charge is 0.251 e. The van der Waals surface area contributed by atoms with Gasteiger partial charge in [0.05, 0.1) is 0 Å². The number of likely N-dealkylation sites (tertiary alicyclic amines) is 1. The molecule has 7 heteroatoms. The Morgan fingerprint density at radius 3 is 2.37 bits per heavy atom. The zero-order valence-corrected chi connectivity index (χ0v) is 20.9. The lowest BCUT2D eigenvalue weighted by Crippen LogP contribution is -2.57. The van der Waals surface area contributed by atoms with Gasteiger partial charge in [-0.15, -0.1) is 0 Å². The van der Waals surface area contributed by atoms with Gasteiger partial charge in [-0.25, -0.2) is 0 Å². The fraction of sp³-hybridized carbons (Fsp3) is 0.500. The van der Waals surface area contributed by atoms with E-state index < -0.39 is 12.1 Å². The highest BCUT2D eigenvalue weighted by Gasteiger charge is 2.42. The van der Waals surface area contributed by atoms with Gasteiger partial charge in [0.2, 0.25) is 5.91 Å². The van der Waals surface area contributed by atoms with Gasteiger partial charge in [0, 0.05) is 36.2 Å². The number of nitriles is 1. The molecule has 1 N–H and O–H groups in total. The molecule has 2 atom stereocenters. The van der Waals surface area contributed by atoms with Gasteiger partial charge in [-0.05, 0) is 48.4 Å². The molecule has 0 radical (unpaired) electrons. The van der Waals surface area contributed by atoms with Crippen molar-refractivity contribution in [2.24, 2.45) is 0 Å². The number of carbonyl (C=O) groups excluding carboxylic acids is 2. The van der Waals surface area contributed by atoms with Crippen LogP contribution in [0.25, 0.3) is 0 Å². The molecule has 7 nitrogen and oxygen atoms in total. The lowest BCUT2D eigenvalue weighted by molar-refractivity contribution is -0.131. The number of aromatic nitrogens is 1. The molecule has 1 saturated carbocycles. The van der Waals surface area contributed by atoms with Gasteiger partial charge < -0.3 is 5.32 Å². The molecule has 1 aromatic heterocycles. The third-order valence-electron chi connectivity index (χ3n) is 7.14. The quantitative estimate of drug-likeness (QED) is 0.626. The van der Waals surface area contributed by atoms with E-state index in [2.05, 4.69) is 37.3 Å². The van der Waals surface area contributed by atoms with E-state index in [0.29, 0.717) is 24.2 Å². The standard InChI is InChI=1S/C28H35N5O2/c1-28(2,3)21-11-13-23(14-12-21)33(27(35)24-15-17-32(24)19-29)25(20-8-7-16-30-18-20)26(34)31-22-9-5-4-6-10-22/h7-8,11-14,16,18,22,24-25H,4-6,9-10,15,17H2,1-3H3,(H,31,34). The summed E-state index contributed by atoms with van der Waals surface area (Å²) in [6.45, 7) is 6.97. The van der Waals surface area contributed by atoms with Gasteiger partial charge in [0.25, 0.3) is 5.91 Å². The first-order valence-corrected chi connectivity index (χ1v) is 12.6. The van der Waals surface area contributed by atoms with E-state index >= 15 is 0 Å². The van der Waals surface area contributed by atoms with Gasteiger partial charge >= 0.3 is 0 Å². The number of nitrogens with zero attached hydrogens (tertiary/aromatic N) is 4. The van der Waals surface area contributed by atoms with Gasteiger partial charge in [0.1, 0.15) is 12.1 Å². The first-order chi connectivity index (χ1) is 16.8. The Balaban J connectivity index is 1.75. The molecule has 0 spiro atoms. The molecule has 2 amide bonds. The first-order valence-electron chi connectivity index (χ1n) is 12.6. The highest BCUT2D eigenvalue weighted by molar-refractivity contribution is 6.04. The maximum atomic E-state index is 13.9. The maximum Gasteiger partial charge on any atom is 0.251 e. The molecule has 2 aliphatic rings. The minimum absolute atomic E-state index is 0.0416. The van der Waals surface area contributed by atoms with Crippen molar-refractivity contribution in [1.29, 1.82) is 5.26 Å².